The standard InChI is InChI=1S/C20H13N3O2/c21-19-14(20-22-15-7-3-4-8-16(15)23-20)9-13-11-5-1-2-6-12(11)17(24)10-18(13)25-19/h1-10,21,24H,(H,22,23). The predicted molar refractivity (Wildman–Crippen MR) is 96.3 cm³/mol. The maximum atomic E-state index is 10.2. The molecule has 25 heavy (non-hydrogen) atoms. The molecule has 0 unspecified atom stereocenters. The molecule has 5 rings (SSSR count). The number of rotatable bonds is 1. The second-order valence-corrected chi connectivity index (χ2v) is 5.94. The molecule has 0 aliphatic rings. The minimum absolute atomic E-state index is 0.00115. The van der Waals surface area contributed by atoms with Crippen molar-refractivity contribution in [2.24, 2.45) is 0 Å². The SMILES string of the molecule is N=c1oc2cc(O)c3ccccc3c2cc1-c1nc2ccccc2[nH]1. The molecule has 2 aromatic heterocycles. The zero-order chi connectivity index (χ0) is 17.0. The Morgan fingerprint density at radius 3 is 2.52 bits per heavy atom. The van der Waals surface area contributed by atoms with Crippen LogP contribution in [-0.4, -0.2) is 15.1 Å². The van der Waals surface area contributed by atoms with Crippen LogP contribution in [0.15, 0.2) is 65.1 Å². The highest BCUT2D eigenvalue weighted by atomic mass is 16.3. The predicted octanol–water partition coefficient (Wildman–Crippen LogP) is 4.31. The van der Waals surface area contributed by atoms with Crippen molar-refractivity contribution in [3.8, 4) is 17.1 Å². The summed E-state index contributed by atoms with van der Waals surface area (Å²) in [6, 6.07) is 18.8. The molecule has 5 heteroatoms. The van der Waals surface area contributed by atoms with Crippen molar-refractivity contribution in [1.82, 2.24) is 9.97 Å². The first kappa shape index (κ1) is 13.8. The third-order valence-corrected chi connectivity index (χ3v) is 4.42. The fourth-order valence-corrected chi connectivity index (χ4v) is 3.22. The summed E-state index contributed by atoms with van der Waals surface area (Å²) < 4.78 is 5.68. The van der Waals surface area contributed by atoms with Crippen molar-refractivity contribution in [3.63, 3.8) is 0 Å². The number of benzene rings is 3. The van der Waals surface area contributed by atoms with E-state index >= 15 is 0 Å². The molecule has 0 saturated carbocycles. The van der Waals surface area contributed by atoms with Crippen molar-refractivity contribution >= 4 is 32.8 Å². The van der Waals surface area contributed by atoms with Crippen LogP contribution >= 0.6 is 0 Å². The normalized spacial score (nSPS) is 11.5. The highest BCUT2D eigenvalue weighted by Crippen LogP contribution is 2.33. The lowest BCUT2D eigenvalue weighted by Gasteiger charge is -2.07. The molecule has 0 aliphatic carbocycles. The number of fused-ring (bicyclic) bond motifs is 4. The maximum Gasteiger partial charge on any atom is 0.223 e. The van der Waals surface area contributed by atoms with Crippen LogP contribution in [0.1, 0.15) is 0 Å². The Morgan fingerprint density at radius 1 is 0.920 bits per heavy atom. The topological polar surface area (TPSA) is 85.9 Å². The molecule has 0 saturated heterocycles. The number of para-hydroxylation sites is 2. The Kier molecular flexibility index (Phi) is 2.73. The summed E-state index contributed by atoms with van der Waals surface area (Å²) >= 11 is 0. The Hall–Kier alpha value is -3.60. The van der Waals surface area contributed by atoms with Crippen LogP contribution in [-0.2, 0) is 0 Å². The molecule has 0 atom stereocenters. The van der Waals surface area contributed by atoms with Gasteiger partial charge in [-0.3, -0.25) is 5.41 Å². The first-order chi connectivity index (χ1) is 12.2. The second kappa shape index (κ2) is 4.95. The third kappa shape index (κ3) is 2.03. The lowest BCUT2D eigenvalue weighted by Crippen LogP contribution is -2.04. The van der Waals surface area contributed by atoms with E-state index in [2.05, 4.69) is 9.97 Å². The first-order valence-corrected chi connectivity index (χ1v) is 7.89. The summed E-state index contributed by atoms with van der Waals surface area (Å²) in [6.45, 7) is 0. The van der Waals surface area contributed by atoms with Crippen LogP contribution in [0, 0.1) is 5.41 Å². The molecule has 0 bridgehead atoms. The smallest absolute Gasteiger partial charge is 0.223 e. The van der Waals surface area contributed by atoms with Gasteiger partial charge < -0.3 is 14.5 Å². The molecule has 2 heterocycles. The molecule has 0 fully saturated rings. The third-order valence-electron chi connectivity index (χ3n) is 4.42. The van der Waals surface area contributed by atoms with E-state index < -0.39 is 0 Å². The molecule has 0 aliphatic heterocycles. The van der Waals surface area contributed by atoms with E-state index in [-0.39, 0.29) is 11.3 Å². The van der Waals surface area contributed by atoms with E-state index in [1.54, 1.807) is 6.07 Å². The minimum Gasteiger partial charge on any atom is -0.507 e. The van der Waals surface area contributed by atoms with Crippen molar-refractivity contribution in [2.45, 2.75) is 0 Å². The van der Waals surface area contributed by atoms with E-state index in [0.29, 0.717) is 17.0 Å². The number of phenols is 1. The highest BCUT2D eigenvalue weighted by molar-refractivity contribution is 6.09. The zero-order valence-corrected chi connectivity index (χ0v) is 13.1. The van der Waals surface area contributed by atoms with E-state index in [1.807, 2.05) is 54.6 Å². The van der Waals surface area contributed by atoms with Gasteiger partial charge in [-0.2, -0.15) is 0 Å². The van der Waals surface area contributed by atoms with E-state index in [0.717, 1.165) is 27.2 Å². The quantitative estimate of drug-likeness (QED) is 0.401. The fourth-order valence-electron chi connectivity index (χ4n) is 3.22. The van der Waals surface area contributed by atoms with Gasteiger partial charge in [0.1, 0.15) is 17.2 Å². The molecule has 0 amide bonds. The number of hydrogen-bond acceptors (Lipinski definition) is 4. The number of imidazole rings is 1. The Bertz CT molecular complexity index is 1300. The minimum atomic E-state index is 0.00115. The number of hydrogen-bond donors (Lipinski definition) is 3. The number of nitrogens with zero attached hydrogens (tertiary/aromatic N) is 1. The molecule has 0 spiro atoms. The van der Waals surface area contributed by atoms with E-state index in [1.165, 1.54) is 0 Å². The van der Waals surface area contributed by atoms with Gasteiger partial charge in [0.2, 0.25) is 5.55 Å². The monoisotopic (exact) mass is 327 g/mol. The number of nitrogens with one attached hydrogen (secondary N) is 2. The average molecular weight is 327 g/mol. The summed E-state index contributed by atoms with van der Waals surface area (Å²) in [5, 5.41) is 20.9. The van der Waals surface area contributed by atoms with Gasteiger partial charge in [0.25, 0.3) is 0 Å². The van der Waals surface area contributed by atoms with Gasteiger partial charge in [-0.1, -0.05) is 36.4 Å². The Morgan fingerprint density at radius 2 is 1.68 bits per heavy atom. The summed E-state index contributed by atoms with van der Waals surface area (Å²) in [6.07, 6.45) is 0. The molecule has 5 aromatic rings. The Balaban J connectivity index is 1.87. The van der Waals surface area contributed by atoms with Crippen molar-refractivity contribution in [1.29, 1.82) is 5.41 Å². The van der Waals surface area contributed by atoms with Gasteiger partial charge in [-0.25, -0.2) is 4.98 Å². The molecule has 5 nitrogen and oxygen atoms in total. The zero-order valence-electron chi connectivity index (χ0n) is 13.1. The maximum absolute atomic E-state index is 10.2. The van der Waals surface area contributed by atoms with Crippen molar-refractivity contribution in [2.75, 3.05) is 0 Å². The average Bonchev–Trinajstić information content (AvgIpc) is 3.05. The lowest BCUT2D eigenvalue weighted by atomic mass is 10.0. The summed E-state index contributed by atoms with van der Waals surface area (Å²) in [5.41, 5.74) is 2.81. The highest BCUT2D eigenvalue weighted by Gasteiger charge is 2.13. The van der Waals surface area contributed by atoms with Crippen LogP contribution in [0.4, 0.5) is 0 Å². The fraction of sp³-hybridized carbons (Fsp3) is 0. The second-order valence-electron chi connectivity index (χ2n) is 5.94. The van der Waals surface area contributed by atoms with Gasteiger partial charge in [-0.15, -0.1) is 0 Å². The number of aromatic nitrogens is 2. The molecular formula is C20H13N3O2. The van der Waals surface area contributed by atoms with Gasteiger partial charge >= 0.3 is 0 Å². The molecule has 120 valence electrons. The van der Waals surface area contributed by atoms with Crippen LogP contribution < -0.4 is 5.55 Å². The first-order valence-electron chi connectivity index (χ1n) is 7.89. The van der Waals surface area contributed by atoms with E-state index in [4.69, 9.17) is 9.83 Å². The number of aromatic amines is 1. The van der Waals surface area contributed by atoms with Crippen LogP contribution in [0.2, 0.25) is 0 Å². The van der Waals surface area contributed by atoms with Crippen molar-refractivity contribution in [3.05, 3.63) is 66.2 Å². The number of phenolic OH excluding ortho intramolecular Hbond substituents is 1. The van der Waals surface area contributed by atoms with Crippen LogP contribution in [0.25, 0.3) is 44.2 Å². The molecule has 3 N–H and O–H groups in total. The van der Waals surface area contributed by atoms with Gasteiger partial charge in [0.15, 0.2) is 0 Å². The number of aromatic hydroxyl groups is 1. The Labute approximate surface area is 141 Å². The van der Waals surface area contributed by atoms with Crippen LogP contribution in [0.5, 0.6) is 5.75 Å². The number of H-pyrrole nitrogens is 1. The van der Waals surface area contributed by atoms with Gasteiger partial charge in [0, 0.05) is 16.8 Å². The largest absolute Gasteiger partial charge is 0.507 e. The van der Waals surface area contributed by atoms with E-state index in [9.17, 15) is 5.11 Å². The summed E-state index contributed by atoms with van der Waals surface area (Å²) in [7, 11) is 0. The summed E-state index contributed by atoms with van der Waals surface area (Å²) in [4.78, 5) is 7.80. The molecule has 3 aromatic carbocycles. The van der Waals surface area contributed by atoms with Gasteiger partial charge in [0.05, 0.1) is 16.6 Å². The summed E-state index contributed by atoms with van der Waals surface area (Å²) in [5.74, 6) is 0.733. The van der Waals surface area contributed by atoms with Crippen LogP contribution in [0.3, 0.4) is 0 Å². The molecule has 0 radical (unpaired) electrons. The van der Waals surface area contributed by atoms with Gasteiger partial charge in [-0.05, 0) is 23.6 Å². The lowest BCUT2D eigenvalue weighted by molar-refractivity contribution is 0.478. The van der Waals surface area contributed by atoms with Crippen molar-refractivity contribution < 1.29 is 9.52 Å². The molecular weight excluding hydrogens is 314 g/mol.